The highest BCUT2D eigenvalue weighted by molar-refractivity contribution is 5.71. The topological polar surface area (TPSA) is 78.9 Å². The molecular weight excluding hydrogens is 709 g/mol. The third-order valence-electron chi connectivity index (χ3n) is 9.96. The van der Waals surface area contributed by atoms with E-state index in [1.54, 1.807) is 0 Å². The van der Waals surface area contributed by atoms with E-state index in [-0.39, 0.29) is 31.1 Å². The predicted molar refractivity (Wildman–Crippen MR) is 242 cm³/mol. The molecule has 0 aliphatic rings. The number of allylic oxidation sites excluding steroid dienone is 10. The maximum atomic E-state index is 12.7. The van der Waals surface area contributed by atoms with E-state index in [1.165, 1.54) is 96.3 Å². The van der Waals surface area contributed by atoms with Gasteiger partial charge in [0.25, 0.3) is 0 Å². The minimum atomic E-state index is -0.794. The first kappa shape index (κ1) is 54.1. The van der Waals surface area contributed by atoms with E-state index in [4.69, 9.17) is 14.2 Å². The van der Waals surface area contributed by atoms with Crippen LogP contribution in [0, 0.1) is 0 Å². The average molecular weight is 797 g/mol. The Kier molecular flexibility index (Phi) is 43.5. The van der Waals surface area contributed by atoms with E-state index in [0.29, 0.717) is 19.3 Å². The van der Waals surface area contributed by atoms with Gasteiger partial charge < -0.3 is 14.2 Å². The predicted octanol–water partition coefficient (Wildman–Crippen LogP) is 15.3. The zero-order valence-electron chi connectivity index (χ0n) is 37.3. The van der Waals surface area contributed by atoms with Gasteiger partial charge in [0.05, 0.1) is 0 Å². The van der Waals surface area contributed by atoms with Gasteiger partial charge in [-0.1, -0.05) is 159 Å². The molecule has 0 saturated carbocycles. The van der Waals surface area contributed by atoms with Gasteiger partial charge in [-0.2, -0.15) is 0 Å². The lowest BCUT2D eigenvalue weighted by Crippen LogP contribution is -2.30. The van der Waals surface area contributed by atoms with Crippen LogP contribution in [0.2, 0.25) is 0 Å². The maximum Gasteiger partial charge on any atom is 0.306 e. The third-order valence-corrected chi connectivity index (χ3v) is 9.96. The number of hydrogen-bond acceptors (Lipinski definition) is 6. The minimum absolute atomic E-state index is 0.0944. The van der Waals surface area contributed by atoms with Gasteiger partial charge in [0.1, 0.15) is 13.2 Å². The zero-order valence-corrected chi connectivity index (χ0v) is 37.3. The Morgan fingerprint density at radius 3 is 1.04 bits per heavy atom. The first-order valence-electron chi connectivity index (χ1n) is 23.8. The molecule has 0 rings (SSSR count). The number of esters is 3. The summed E-state index contributed by atoms with van der Waals surface area (Å²) in [5, 5.41) is 0. The Morgan fingerprint density at radius 2 is 0.632 bits per heavy atom. The number of unbranched alkanes of at least 4 members (excludes halogenated alkanes) is 21. The van der Waals surface area contributed by atoms with E-state index >= 15 is 0 Å². The highest BCUT2D eigenvalue weighted by atomic mass is 16.6. The summed E-state index contributed by atoms with van der Waals surface area (Å²) in [7, 11) is 0. The molecule has 0 aromatic carbocycles. The van der Waals surface area contributed by atoms with Crippen LogP contribution in [0.1, 0.15) is 226 Å². The van der Waals surface area contributed by atoms with E-state index in [2.05, 4.69) is 81.5 Å². The molecule has 0 aromatic rings. The molecule has 0 heterocycles. The second kappa shape index (κ2) is 45.8. The first-order valence-corrected chi connectivity index (χ1v) is 23.8. The molecule has 57 heavy (non-hydrogen) atoms. The lowest BCUT2D eigenvalue weighted by molar-refractivity contribution is -0.167. The fourth-order valence-corrected chi connectivity index (χ4v) is 6.32. The standard InChI is InChI=1S/C51H88O6/c1-4-7-10-13-16-19-22-25-26-27-30-32-35-38-41-44-50(53)56-47-48(57-51(54)45-42-39-36-33-29-24-21-18-15-12-9-6-3)46-55-49(52)43-40-37-34-31-28-23-20-17-14-11-8-5-2/h16-21,25-26,30,32,48H,4-15,22-24,27-29,31,33-47H2,1-3H3/b19-16-,20-17-,21-18-,26-25-,32-30-/t48-/m1/s1. The molecule has 0 aliphatic heterocycles. The van der Waals surface area contributed by atoms with Crippen molar-refractivity contribution in [2.75, 3.05) is 13.2 Å². The van der Waals surface area contributed by atoms with Crippen LogP contribution < -0.4 is 0 Å². The second-order valence-corrected chi connectivity index (χ2v) is 15.7. The van der Waals surface area contributed by atoms with Crippen LogP contribution in [0.4, 0.5) is 0 Å². The van der Waals surface area contributed by atoms with E-state index in [1.807, 2.05) is 0 Å². The summed E-state index contributed by atoms with van der Waals surface area (Å²) in [5.74, 6) is -0.954. The van der Waals surface area contributed by atoms with Crippen molar-refractivity contribution in [2.24, 2.45) is 0 Å². The van der Waals surface area contributed by atoms with Gasteiger partial charge in [-0.15, -0.1) is 0 Å². The number of rotatable bonds is 42. The molecule has 328 valence electrons. The van der Waals surface area contributed by atoms with Gasteiger partial charge in [0.15, 0.2) is 6.10 Å². The van der Waals surface area contributed by atoms with Crippen molar-refractivity contribution in [2.45, 2.75) is 232 Å². The van der Waals surface area contributed by atoms with Gasteiger partial charge in [-0.25, -0.2) is 0 Å². The Morgan fingerprint density at radius 1 is 0.351 bits per heavy atom. The summed E-state index contributed by atoms with van der Waals surface area (Å²) in [5.41, 5.74) is 0. The fraction of sp³-hybridized carbons (Fsp3) is 0.745. The number of carbonyl (C=O) groups is 3. The summed E-state index contributed by atoms with van der Waals surface area (Å²) < 4.78 is 16.7. The zero-order chi connectivity index (χ0) is 41.5. The van der Waals surface area contributed by atoms with Gasteiger partial charge in [-0.05, 0) is 109 Å². The van der Waals surface area contributed by atoms with Crippen LogP contribution in [-0.2, 0) is 28.6 Å². The van der Waals surface area contributed by atoms with E-state index in [0.717, 1.165) is 89.9 Å². The molecule has 0 saturated heterocycles. The molecule has 0 N–H and O–H groups in total. The molecule has 1 atom stereocenters. The average Bonchev–Trinajstić information content (AvgIpc) is 3.21. The summed E-state index contributed by atoms with van der Waals surface area (Å²) in [6, 6.07) is 0. The Bertz CT molecular complexity index is 1050. The molecule has 6 nitrogen and oxygen atoms in total. The molecule has 0 unspecified atom stereocenters. The number of carbonyl (C=O) groups excluding carboxylic acids is 3. The molecule has 0 fully saturated rings. The lowest BCUT2D eigenvalue weighted by Gasteiger charge is -2.18. The molecular formula is C51H88O6. The van der Waals surface area contributed by atoms with Crippen LogP contribution in [-0.4, -0.2) is 37.2 Å². The summed E-state index contributed by atoms with van der Waals surface area (Å²) in [6.07, 6.45) is 54.8. The summed E-state index contributed by atoms with van der Waals surface area (Å²) in [6.45, 7) is 6.50. The highest BCUT2D eigenvalue weighted by Gasteiger charge is 2.19. The monoisotopic (exact) mass is 797 g/mol. The van der Waals surface area contributed by atoms with E-state index < -0.39 is 6.10 Å². The fourth-order valence-electron chi connectivity index (χ4n) is 6.32. The minimum Gasteiger partial charge on any atom is -0.462 e. The van der Waals surface area contributed by atoms with Crippen LogP contribution in [0.5, 0.6) is 0 Å². The SMILES string of the molecule is CCCCC/C=C\C/C=C\C/C=C\CCCCC(=O)OC[C@@H](COC(=O)CCCCCCC/C=C\CCCCC)OC(=O)CCCCCCC/C=C\CCCCC. The quantitative estimate of drug-likeness (QED) is 0.0265. The van der Waals surface area contributed by atoms with Crippen molar-refractivity contribution < 1.29 is 28.6 Å². The van der Waals surface area contributed by atoms with Crippen LogP contribution in [0.25, 0.3) is 0 Å². The molecule has 6 heteroatoms. The summed E-state index contributed by atoms with van der Waals surface area (Å²) in [4.78, 5) is 37.8. The van der Waals surface area contributed by atoms with E-state index in [9.17, 15) is 14.4 Å². The molecule has 0 aliphatic carbocycles. The molecule has 0 amide bonds. The Balaban J connectivity index is 4.46. The molecule has 0 aromatic heterocycles. The lowest BCUT2D eigenvalue weighted by atomic mass is 10.1. The highest BCUT2D eigenvalue weighted by Crippen LogP contribution is 2.13. The number of hydrogen-bond donors (Lipinski definition) is 0. The Labute approximate surface area is 351 Å². The van der Waals surface area contributed by atoms with Gasteiger partial charge in [0.2, 0.25) is 0 Å². The van der Waals surface area contributed by atoms with Gasteiger partial charge >= 0.3 is 17.9 Å². The largest absolute Gasteiger partial charge is 0.462 e. The van der Waals surface area contributed by atoms with Crippen molar-refractivity contribution in [1.82, 2.24) is 0 Å². The number of ether oxygens (including phenoxy) is 3. The first-order chi connectivity index (χ1) is 28.0. The summed E-state index contributed by atoms with van der Waals surface area (Å²) >= 11 is 0. The van der Waals surface area contributed by atoms with Crippen LogP contribution >= 0.6 is 0 Å². The smallest absolute Gasteiger partial charge is 0.306 e. The third kappa shape index (κ3) is 44.1. The van der Waals surface area contributed by atoms with Crippen molar-refractivity contribution in [3.05, 3.63) is 60.8 Å². The molecule has 0 bridgehead atoms. The van der Waals surface area contributed by atoms with Crippen molar-refractivity contribution >= 4 is 17.9 Å². The van der Waals surface area contributed by atoms with Crippen molar-refractivity contribution in [3.8, 4) is 0 Å². The normalized spacial score (nSPS) is 12.5. The van der Waals surface area contributed by atoms with Gasteiger partial charge in [0, 0.05) is 19.3 Å². The van der Waals surface area contributed by atoms with Crippen molar-refractivity contribution in [1.29, 1.82) is 0 Å². The molecule has 0 spiro atoms. The second-order valence-electron chi connectivity index (χ2n) is 15.7. The maximum absolute atomic E-state index is 12.7. The van der Waals surface area contributed by atoms with Crippen LogP contribution in [0.3, 0.4) is 0 Å². The van der Waals surface area contributed by atoms with Crippen molar-refractivity contribution in [3.63, 3.8) is 0 Å². The molecule has 0 radical (unpaired) electrons. The van der Waals surface area contributed by atoms with Gasteiger partial charge in [-0.3, -0.25) is 14.4 Å². The Hall–Kier alpha value is -2.89. The van der Waals surface area contributed by atoms with Crippen LogP contribution in [0.15, 0.2) is 60.8 Å².